The van der Waals surface area contributed by atoms with Crippen LogP contribution < -0.4 is 0 Å². The molecule has 0 bridgehead atoms. The highest BCUT2D eigenvalue weighted by atomic mass is 16.2. The molecule has 0 aliphatic heterocycles. The number of hydrogen-bond acceptors (Lipinski definition) is 4. The van der Waals surface area contributed by atoms with Gasteiger partial charge in [-0.1, -0.05) is 25.5 Å². The molecule has 2 aromatic heterocycles. The summed E-state index contributed by atoms with van der Waals surface area (Å²) < 4.78 is 1.77. The fourth-order valence-electron chi connectivity index (χ4n) is 3.61. The third-order valence-corrected chi connectivity index (χ3v) is 5.18. The predicted octanol–water partition coefficient (Wildman–Crippen LogP) is 3.94. The van der Waals surface area contributed by atoms with Gasteiger partial charge in [-0.05, 0) is 44.4 Å². The Morgan fingerprint density at radius 1 is 1.21 bits per heavy atom. The molecule has 1 aromatic carbocycles. The molecule has 0 saturated heterocycles. The second-order valence-electron chi connectivity index (χ2n) is 7.81. The van der Waals surface area contributed by atoms with Gasteiger partial charge in [-0.3, -0.25) is 9.48 Å². The summed E-state index contributed by atoms with van der Waals surface area (Å²) in [6.45, 7) is 4.67. The van der Waals surface area contributed by atoms with E-state index in [2.05, 4.69) is 22.0 Å². The Morgan fingerprint density at radius 3 is 2.59 bits per heavy atom. The Hall–Kier alpha value is -3.02. The number of benzene rings is 1. The van der Waals surface area contributed by atoms with Crippen molar-refractivity contribution in [2.24, 2.45) is 7.05 Å². The molecule has 0 atom stereocenters. The van der Waals surface area contributed by atoms with Crippen molar-refractivity contribution in [1.29, 1.82) is 0 Å². The Bertz CT molecular complexity index is 1000. The molecule has 6 nitrogen and oxygen atoms in total. The van der Waals surface area contributed by atoms with Crippen molar-refractivity contribution in [2.45, 2.75) is 52.1 Å². The van der Waals surface area contributed by atoms with E-state index >= 15 is 0 Å². The number of carbonyl (C=O) groups excluding carboxylic acids is 1. The van der Waals surface area contributed by atoms with E-state index in [1.807, 2.05) is 61.6 Å². The standard InChI is InChI=1S/C23H27N5O/c1-4-5-20-12-22(26-16(2)25-20)18-6-8-19(9-7-18)23(29)28(21-10-11-21)15-17-13-24-27(3)14-17/h6-9,12-14,21H,4-5,10-11,15H2,1-3H3. The normalized spacial score (nSPS) is 13.5. The Labute approximate surface area is 171 Å². The average molecular weight is 390 g/mol. The molecule has 1 amide bonds. The first-order valence-electron chi connectivity index (χ1n) is 10.3. The van der Waals surface area contributed by atoms with Gasteiger partial charge in [-0.15, -0.1) is 0 Å². The van der Waals surface area contributed by atoms with Gasteiger partial charge in [0, 0.05) is 48.2 Å². The van der Waals surface area contributed by atoms with Gasteiger partial charge in [0.2, 0.25) is 0 Å². The van der Waals surface area contributed by atoms with Gasteiger partial charge in [0.05, 0.1) is 11.9 Å². The van der Waals surface area contributed by atoms with Gasteiger partial charge in [-0.25, -0.2) is 9.97 Å². The fourth-order valence-corrected chi connectivity index (χ4v) is 3.61. The monoisotopic (exact) mass is 389 g/mol. The zero-order chi connectivity index (χ0) is 20.4. The minimum atomic E-state index is 0.0773. The topological polar surface area (TPSA) is 63.9 Å². The van der Waals surface area contributed by atoms with Crippen molar-refractivity contribution in [1.82, 2.24) is 24.6 Å². The summed E-state index contributed by atoms with van der Waals surface area (Å²) in [4.78, 5) is 24.2. The molecule has 0 unspecified atom stereocenters. The molecular weight excluding hydrogens is 362 g/mol. The third-order valence-electron chi connectivity index (χ3n) is 5.18. The molecule has 4 rings (SSSR count). The quantitative estimate of drug-likeness (QED) is 0.614. The van der Waals surface area contributed by atoms with Crippen LogP contribution in [0.15, 0.2) is 42.7 Å². The lowest BCUT2D eigenvalue weighted by Gasteiger charge is -2.22. The summed E-state index contributed by atoms with van der Waals surface area (Å²) in [5.74, 6) is 0.857. The van der Waals surface area contributed by atoms with Crippen molar-refractivity contribution in [2.75, 3.05) is 0 Å². The maximum Gasteiger partial charge on any atom is 0.254 e. The number of hydrogen-bond donors (Lipinski definition) is 0. The largest absolute Gasteiger partial charge is 0.331 e. The van der Waals surface area contributed by atoms with Crippen LogP contribution in [-0.4, -0.2) is 36.6 Å². The fraction of sp³-hybridized carbons (Fsp3) is 0.391. The van der Waals surface area contributed by atoms with Gasteiger partial charge in [0.15, 0.2) is 0 Å². The number of carbonyl (C=O) groups is 1. The van der Waals surface area contributed by atoms with Gasteiger partial charge in [-0.2, -0.15) is 5.10 Å². The summed E-state index contributed by atoms with van der Waals surface area (Å²) in [6, 6.07) is 10.2. The highest BCUT2D eigenvalue weighted by Crippen LogP contribution is 2.30. The second-order valence-corrected chi connectivity index (χ2v) is 7.81. The molecule has 6 heteroatoms. The van der Waals surface area contributed by atoms with Gasteiger partial charge < -0.3 is 4.90 Å². The Morgan fingerprint density at radius 2 is 1.97 bits per heavy atom. The smallest absolute Gasteiger partial charge is 0.254 e. The molecule has 2 heterocycles. The molecule has 150 valence electrons. The lowest BCUT2D eigenvalue weighted by molar-refractivity contribution is 0.0730. The van der Waals surface area contributed by atoms with E-state index in [0.29, 0.717) is 18.2 Å². The average Bonchev–Trinajstić information content (AvgIpc) is 3.47. The van der Waals surface area contributed by atoms with Crippen LogP contribution in [0.3, 0.4) is 0 Å². The van der Waals surface area contributed by atoms with Gasteiger partial charge in [0.25, 0.3) is 5.91 Å². The summed E-state index contributed by atoms with van der Waals surface area (Å²) in [6.07, 6.45) is 7.94. The maximum absolute atomic E-state index is 13.2. The molecular formula is C23H27N5O. The molecule has 1 aliphatic carbocycles. The highest BCUT2D eigenvalue weighted by Gasteiger charge is 2.33. The summed E-state index contributed by atoms with van der Waals surface area (Å²) in [5, 5.41) is 4.22. The van der Waals surface area contributed by atoms with Crippen molar-refractivity contribution in [3.05, 3.63) is 65.4 Å². The number of nitrogens with zero attached hydrogens (tertiary/aromatic N) is 5. The second kappa shape index (κ2) is 8.15. The molecule has 1 aliphatic rings. The van der Waals surface area contributed by atoms with E-state index in [1.165, 1.54) is 0 Å². The van der Waals surface area contributed by atoms with E-state index in [4.69, 9.17) is 0 Å². The van der Waals surface area contributed by atoms with E-state index in [1.54, 1.807) is 4.68 Å². The molecule has 1 saturated carbocycles. The van der Waals surface area contributed by atoms with Crippen LogP contribution >= 0.6 is 0 Å². The van der Waals surface area contributed by atoms with Crippen LogP contribution in [0.2, 0.25) is 0 Å². The molecule has 29 heavy (non-hydrogen) atoms. The minimum Gasteiger partial charge on any atom is -0.331 e. The number of amides is 1. The Kier molecular flexibility index (Phi) is 5.43. The lowest BCUT2D eigenvalue weighted by Crippen LogP contribution is -2.32. The zero-order valence-corrected chi connectivity index (χ0v) is 17.3. The van der Waals surface area contributed by atoms with Crippen LogP contribution in [0.4, 0.5) is 0 Å². The lowest BCUT2D eigenvalue weighted by atomic mass is 10.1. The summed E-state index contributed by atoms with van der Waals surface area (Å²) >= 11 is 0. The van der Waals surface area contributed by atoms with Crippen molar-refractivity contribution < 1.29 is 4.79 Å². The molecule has 0 N–H and O–H groups in total. The first-order valence-corrected chi connectivity index (χ1v) is 10.3. The number of aromatic nitrogens is 4. The summed E-state index contributed by atoms with van der Waals surface area (Å²) in [7, 11) is 1.90. The van der Waals surface area contributed by atoms with E-state index < -0.39 is 0 Å². The highest BCUT2D eigenvalue weighted by molar-refractivity contribution is 5.95. The van der Waals surface area contributed by atoms with Crippen LogP contribution in [0, 0.1) is 6.92 Å². The van der Waals surface area contributed by atoms with Crippen LogP contribution in [-0.2, 0) is 20.0 Å². The van der Waals surface area contributed by atoms with Crippen molar-refractivity contribution in [3.8, 4) is 11.3 Å². The number of rotatable bonds is 7. The maximum atomic E-state index is 13.2. The first-order chi connectivity index (χ1) is 14.0. The van der Waals surface area contributed by atoms with Gasteiger partial charge in [0.1, 0.15) is 5.82 Å². The summed E-state index contributed by atoms with van der Waals surface area (Å²) in [5.41, 5.74) is 4.75. The van der Waals surface area contributed by atoms with Gasteiger partial charge >= 0.3 is 0 Å². The molecule has 3 aromatic rings. The molecule has 0 radical (unpaired) electrons. The number of aryl methyl sites for hydroxylation is 3. The van der Waals surface area contributed by atoms with Crippen LogP contribution in [0.5, 0.6) is 0 Å². The SMILES string of the molecule is CCCc1cc(-c2ccc(C(=O)N(Cc3cnn(C)c3)C3CC3)cc2)nc(C)n1. The minimum absolute atomic E-state index is 0.0773. The van der Waals surface area contributed by atoms with E-state index in [0.717, 1.165) is 54.0 Å². The van der Waals surface area contributed by atoms with E-state index in [9.17, 15) is 4.79 Å². The molecule has 1 fully saturated rings. The molecule has 0 spiro atoms. The Balaban J connectivity index is 1.54. The van der Waals surface area contributed by atoms with E-state index in [-0.39, 0.29) is 5.91 Å². The predicted molar refractivity (Wildman–Crippen MR) is 112 cm³/mol. The van der Waals surface area contributed by atoms with Crippen molar-refractivity contribution >= 4 is 5.91 Å². The first kappa shape index (κ1) is 19.3. The van der Waals surface area contributed by atoms with Crippen molar-refractivity contribution in [3.63, 3.8) is 0 Å². The van der Waals surface area contributed by atoms with Crippen LogP contribution in [0.25, 0.3) is 11.3 Å². The van der Waals surface area contributed by atoms with Crippen LogP contribution in [0.1, 0.15) is 53.6 Å². The third kappa shape index (κ3) is 4.53. The zero-order valence-electron chi connectivity index (χ0n) is 17.3.